The maximum absolute atomic E-state index is 11.4. The van der Waals surface area contributed by atoms with E-state index in [0.29, 0.717) is 24.3 Å². The van der Waals surface area contributed by atoms with Crippen molar-refractivity contribution < 1.29 is 8.42 Å². The van der Waals surface area contributed by atoms with E-state index in [-0.39, 0.29) is 11.6 Å². The van der Waals surface area contributed by atoms with Gasteiger partial charge in [-0.25, -0.2) is 8.42 Å². The van der Waals surface area contributed by atoms with Crippen LogP contribution in [0.1, 0.15) is 39.5 Å². The molecule has 0 aliphatic carbocycles. The normalized spacial score (nSPS) is 35.3. The predicted octanol–water partition coefficient (Wildman–Crippen LogP) is 1.81. The Labute approximate surface area is 114 Å². The minimum absolute atomic E-state index is 0.158. The standard InChI is InChI=1S/C12H22N2O2S2/c1-3-12(2)6-7-17-11(14-12)13-10-4-8-18(15,16)9-5-10/h10H,3-9H2,1-2H3,(H,13,14). The second-order valence-corrected chi connectivity index (χ2v) is 8.84. The van der Waals surface area contributed by atoms with Crippen LogP contribution in [0.15, 0.2) is 4.99 Å². The summed E-state index contributed by atoms with van der Waals surface area (Å²) in [4.78, 5) is 4.71. The topological polar surface area (TPSA) is 58.5 Å². The molecule has 104 valence electrons. The summed E-state index contributed by atoms with van der Waals surface area (Å²) >= 11 is 1.76. The summed E-state index contributed by atoms with van der Waals surface area (Å²) in [6.07, 6.45) is 3.60. The first-order valence-electron chi connectivity index (χ1n) is 6.62. The van der Waals surface area contributed by atoms with Crippen LogP contribution in [0.5, 0.6) is 0 Å². The lowest BCUT2D eigenvalue weighted by Gasteiger charge is -2.35. The maximum atomic E-state index is 11.4. The number of hydrogen-bond acceptors (Lipinski definition) is 4. The van der Waals surface area contributed by atoms with Gasteiger partial charge >= 0.3 is 0 Å². The number of hydrogen-bond donors (Lipinski definition) is 1. The maximum Gasteiger partial charge on any atom is 0.157 e. The summed E-state index contributed by atoms with van der Waals surface area (Å²) in [5.41, 5.74) is 0.158. The van der Waals surface area contributed by atoms with Crippen LogP contribution in [0.2, 0.25) is 0 Å². The van der Waals surface area contributed by atoms with Crippen LogP contribution in [-0.2, 0) is 9.84 Å². The van der Waals surface area contributed by atoms with Crippen molar-refractivity contribution in [3.63, 3.8) is 0 Å². The van der Waals surface area contributed by atoms with E-state index in [0.717, 1.165) is 23.8 Å². The van der Waals surface area contributed by atoms with Gasteiger partial charge < -0.3 is 5.32 Å². The molecule has 0 amide bonds. The molecular formula is C12H22N2O2S2. The van der Waals surface area contributed by atoms with Crippen molar-refractivity contribution in [3.8, 4) is 0 Å². The van der Waals surface area contributed by atoms with Crippen molar-refractivity contribution >= 4 is 26.8 Å². The second-order valence-electron chi connectivity index (χ2n) is 5.45. The van der Waals surface area contributed by atoms with Gasteiger partial charge in [0.25, 0.3) is 0 Å². The molecule has 0 aromatic heterocycles. The van der Waals surface area contributed by atoms with Gasteiger partial charge in [-0.05, 0) is 32.6 Å². The third-order valence-electron chi connectivity index (χ3n) is 3.91. The SMILES string of the molecule is CCC1(C)CCSC(=NC2CCS(=O)(=O)CC2)N1. The molecule has 1 unspecified atom stereocenters. The Morgan fingerprint density at radius 2 is 2.11 bits per heavy atom. The lowest BCUT2D eigenvalue weighted by atomic mass is 9.96. The van der Waals surface area contributed by atoms with Crippen LogP contribution in [-0.4, -0.2) is 42.4 Å². The number of aliphatic imine (C=N–C) groups is 1. The average molecular weight is 290 g/mol. The molecule has 1 N–H and O–H groups in total. The molecule has 2 fully saturated rings. The second kappa shape index (κ2) is 5.41. The molecule has 0 spiro atoms. The first kappa shape index (κ1) is 14.2. The summed E-state index contributed by atoms with van der Waals surface area (Å²) in [5.74, 6) is 1.69. The van der Waals surface area contributed by atoms with Crippen LogP contribution in [0.4, 0.5) is 0 Å². The summed E-state index contributed by atoms with van der Waals surface area (Å²) in [6, 6.07) is 0.183. The number of nitrogens with one attached hydrogen (secondary N) is 1. The van der Waals surface area contributed by atoms with E-state index in [1.807, 2.05) is 0 Å². The molecule has 0 aromatic rings. The molecule has 2 heterocycles. The highest BCUT2D eigenvalue weighted by molar-refractivity contribution is 8.13. The number of thioether (sulfide) groups is 1. The summed E-state index contributed by atoms with van der Waals surface area (Å²) < 4.78 is 22.7. The number of nitrogens with zero attached hydrogens (tertiary/aromatic N) is 1. The van der Waals surface area contributed by atoms with Gasteiger partial charge in [-0.15, -0.1) is 0 Å². The fourth-order valence-electron chi connectivity index (χ4n) is 2.24. The van der Waals surface area contributed by atoms with Gasteiger partial charge in [-0.2, -0.15) is 0 Å². The quantitative estimate of drug-likeness (QED) is 0.843. The molecule has 2 aliphatic rings. The molecule has 18 heavy (non-hydrogen) atoms. The minimum atomic E-state index is -2.78. The highest BCUT2D eigenvalue weighted by Crippen LogP contribution is 2.26. The summed E-state index contributed by atoms with van der Waals surface area (Å²) in [5, 5.41) is 4.52. The van der Waals surface area contributed by atoms with E-state index < -0.39 is 9.84 Å². The zero-order chi connectivity index (χ0) is 13.2. The van der Waals surface area contributed by atoms with E-state index in [1.165, 1.54) is 0 Å². The molecule has 6 heteroatoms. The molecule has 4 nitrogen and oxygen atoms in total. The Balaban J connectivity index is 1.97. The van der Waals surface area contributed by atoms with Crippen molar-refractivity contribution in [2.75, 3.05) is 17.3 Å². The molecule has 2 saturated heterocycles. The Kier molecular flexibility index (Phi) is 4.26. The van der Waals surface area contributed by atoms with Crippen LogP contribution in [0.25, 0.3) is 0 Å². The van der Waals surface area contributed by atoms with Gasteiger partial charge in [0, 0.05) is 11.3 Å². The molecular weight excluding hydrogens is 268 g/mol. The molecule has 1 atom stereocenters. The molecule has 0 saturated carbocycles. The predicted molar refractivity (Wildman–Crippen MR) is 78.0 cm³/mol. The van der Waals surface area contributed by atoms with Crippen LogP contribution >= 0.6 is 11.8 Å². The van der Waals surface area contributed by atoms with E-state index in [9.17, 15) is 8.42 Å². The van der Waals surface area contributed by atoms with Gasteiger partial charge in [0.05, 0.1) is 17.5 Å². The smallest absolute Gasteiger partial charge is 0.157 e. The molecule has 0 bridgehead atoms. The van der Waals surface area contributed by atoms with Crippen molar-refractivity contribution in [3.05, 3.63) is 0 Å². The summed E-state index contributed by atoms with van der Waals surface area (Å²) in [6.45, 7) is 4.42. The van der Waals surface area contributed by atoms with E-state index in [2.05, 4.69) is 19.2 Å². The Bertz CT molecular complexity index is 419. The van der Waals surface area contributed by atoms with E-state index in [4.69, 9.17) is 4.99 Å². The summed E-state index contributed by atoms with van der Waals surface area (Å²) in [7, 11) is -2.78. The molecule has 2 aliphatic heterocycles. The monoisotopic (exact) mass is 290 g/mol. The van der Waals surface area contributed by atoms with E-state index >= 15 is 0 Å². The van der Waals surface area contributed by atoms with Gasteiger partial charge in [-0.1, -0.05) is 18.7 Å². The first-order chi connectivity index (χ1) is 8.42. The van der Waals surface area contributed by atoms with Crippen molar-refractivity contribution in [2.45, 2.75) is 51.1 Å². The highest BCUT2D eigenvalue weighted by Gasteiger charge is 2.29. The molecule has 2 rings (SSSR count). The van der Waals surface area contributed by atoms with E-state index in [1.54, 1.807) is 11.8 Å². The van der Waals surface area contributed by atoms with Crippen LogP contribution < -0.4 is 5.32 Å². The van der Waals surface area contributed by atoms with Gasteiger partial charge in [0.15, 0.2) is 5.17 Å². The highest BCUT2D eigenvalue weighted by atomic mass is 32.2. The zero-order valence-electron chi connectivity index (χ0n) is 11.1. The molecule has 0 aromatic carbocycles. The zero-order valence-corrected chi connectivity index (χ0v) is 12.7. The van der Waals surface area contributed by atoms with Gasteiger partial charge in [0.2, 0.25) is 0 Å². The third-order valence-corrected chi connectivity index (χ3v) is 6.51. The number of rotatable bonds is 2. The fraction of sp³-hybridized carbons (Fsp3) is 0.917. The largest absolute Gasteiger partial charge is 0.360 e. The van der Waals surface area contributed by atoms with Crippen molar-refractivity contribution in [2.24, 2.45) is 4.99 Å². The Morgan fingerprint density at radius 3 is 2.72 bits per heavy atom. The lowest BCUT2D eigenvalue weighted by Crippen LogP contribution is -2.48. The number of amidine groups is 1. The first-order valence-corrected chi connectivity index (χ1v) is 9.42. The van der Waals surface area contributed by atoms with Crippen LogP contribution in [0.3, 0.4) is 0 Å². The number of sulfone groups is 1. The Morgan fingerprint density at radius 1 is 1.44 bits per heavy atom. The lowest BCUT2D eigenvalue weighted by molar-refractivity contribution is 0.388. The van der Waals surface area contributed by atoms with Crippen molar-refractivity contribution in [1.29, 1.82) is 0 Å². The van der Waals surface area contributed by atoms with Crippen molar-refractivity contribution in [1.82, 2.24) is 5.32 Å². The fourth-order valence-corrected chi connectivity index (χ4v) is 4.99. The van der Waals surface area contributed by atoms with Gasteiger partial charge in [0.1, 0.15) is 9.84 Å². The average Bonchev–Trinajstić information content (AvgIpc) is 2.32. The van der Waals surface area contributed by atoms with Gasteiger partial charge in [-0.3, -0.25) is 4.99 Å². The van der Waals surface area contributed by atoms with Crippen LogP contribution in [0, 0.1) is 0 Å². The molecule has 0 radical (unpaired) electrons. The minimum Gasteiger partial charge on any atom is -0.360 e. The Hall–Kier alpha value is -0.230. The third kappa shape index (κ3) is 3.63.